The predicted molar refractivity (Wildman–Crippen MR) is 59.1 cm³/mol. The summed E-state index contributed by atoms with van der Waals surface area (Å²) in [6, 6.07) is 2.13. The highest BCUT2D eigenvalue weighted by Gasteiger charge is 2.16. The molecule has 0 radical (unpaired) electrons. The number of nitrogens with zero attached hydrogens (tertiary/aromatic N) is 2. The summed E-state index contributed by atoms with van der Waals surface area (Å²) < 4.78 is 38.8. The number of hydrogen-bond donors (Lipinski definition) is 0. The highest BCUT2D eigenvalue weighted by Crippen LogP contribution is 2.15. The van der Waals surface area contributed by atoms with E-state index in [4.69, 9.17) is 0 Å². The summed E-state index contributed by atoms with van der Waals surface area (Å²) in [4.78, 5) is 4.30. The van der Waals surface area contributed by atoms with Crippen molar-refractivity contribution in [3.05, 3.63) is 35.1 Å². The summed E-state index contributed by atoms with van der Waals surface area (Å²) in [6.45, 7) is 4.05. The van der Waals surface area contributed by atoms with Gasteiger partial charge >= 0.3 is 0 Å². The number of hydrogen-bond acceptors (Lipinski definition) is 2. The zero-order valence-electron chi connectivity index (χ0n) is 9.72. The lowest BCUT2D eigenvalue weighted by molar-refractivity contribution is 0.148. The quantitative estimate of drug-likeness (QED) is 0.733. The summed E-state index contributed by atoms with van der Waals surface area (Å²) in [6.07, 6.45) is 0. The van der Waals surface area contributed by atoms with Crippen LogP contribution in [0.3, 0.4) is 0 Å². The van der Waals surface area contributed by atoms with Gasteiger partial charge in [-0.3, -0.25) is 4.90 Å². The highest BCUT2D eigenvalue weighted by molar-refractivity contribution is 5.19. The third kappa shape index (κ3) is 2.98. The van der Waals surface area contributed by atoms with Crippen LogP contribution >= 0.6 is 0 Å². The first-order valence-electron chi connectivity index (χ1n) is 5.60. The van der Waals surface area contributed by atoms with Crippen molar-refractivity contribution in [3.63, 3.8) is 0 Å². The number of rotatable bonds is 2. The van der Waals surface area contributed by atoms with Gasteiger partial charge in [0.25, 0.3) is 0 Å². The number of benzene rings is 1. The molecule has 0 N–H and O–H groups in total. The van der Waals surface area contributed by atoms with Gasteiger partial charge in [-0.15, -0.1) is 0 Å². The summed E-state index contributed by atoms with van der Waals surface area (Å²) in [5.41, 5.74) is 0.478. The third-order valence-electron chi connectivity index (χ3n) is 3.05. The third-order valence-corrected chi connectivity index (χ3v) is 3.05. The van der Waals surface area contributed by atoms with Crippen LogP contribution < -0.4 is 0 Å². The molecule has 0 spiro atoms. The maximum Gasteiger partial charge on any atom is 0.194 e. The molecule has 94 valence electrons. The Labute approximate surface area is 98.6 Å². The molecule has 1 aliphatic rings. The van der Waals surface area contributed by atoms with Gasteiger partial charge in [0, 0.05) is 32.7 Å². The van der Waals surface area contributed by atoms with Gasteiger partial charge in [-0.1, -0.05) is 0 Å². The standard InChI is InChI=1S/C12H15F3N2/c1-16-2-4-17(5-3-16)8-9-6-10(13)12(15)11(14)7-9/h6-7H,2-5,8H2,1H3. The summed E-state index contributed by atoms with van der Waals surface area (Å²) >= 11 is 0. The molecule has 1 fully saturated rings. The molecule has 0 saturated carbocycles. The second-order valence-electron chi connectivity index (χ2n) is 4.45. The van der Waals surface area contributed by atoms with Crippen LogP contribution in [0.25, 0.3) is 0 Å². The Hall–Kier alpha value is -1.07. The van der Waals surface area contributed by atoms with Crippen molar-refractivity contribution >= 4 is 0 Å². The Kier molecular flexibility index (Phi) is 3.69. The number of halogens is 3. The van der Waals surface area contributed by atoms with E-state index in [1.807, 2.05) is 7.05 Å². The van der Waals surface area contributed by atoms with Crippen LogP contribution in [0.4, 0.5) is 13.2 Å². The predicted octanol–water partition coefficient (Wildman–Crippen LogP) is 1.85. The van der Waals surface area contributed by atoms with E-state index >= 15 is 0 Å². The maximum absolute atomic E-state index is 13.0. The fraction of sp³-hybridized carbons (Fsp3) is 0.500. The van der Waals surface area contributed by atoms with Crippen LogP contribution in [0.15, 0.2) is 12.1 Å². The molecule has 2 nitrogen and oxygen atoms in total. The smallest absolute Gasteiger partial charge is 0.194 e. The van der Waals surface area contributed by atoms with E-state index < -0.39 is 17.5 Å². The van der Waals surface area contributed by atoms with E-state index in [2.05, 4.69) is 9.80 Å². The van der Waals surface area contributed by atoms with Crippen LogP contribution in [0.2, 0.25) is 0 Å². The second kappa shape index (κ2) is 5.06. The first-order chi connectivity index (χ1) is 8.06. The van der Waals surface area contributed by atoms with Gasteiger partial charge in [0.15, 0.2) is 17.5 Å². The topological polar surface area (TPSA) is 6.48 Å². The fourth-order valence-electron chi connectivity index (χ4n) is 1.96. The molecule has 0 aromatic heterocycles. The van der Waals surface area contributed by atoms with Gasteiger partial charge in [-0.05, 0) is 24.7 Å². The lowest BCUT2D eigenvalue weighted by Gasteiger charge is -2.32. The van der Waals surface area contributed by atoms with Crippen LogP contribution in [0.1, 0.15) is 5.56 Å². The van der Waals surface area contributed by atoms with Crippen LogP contribution in [0.5, 0.6) is 0 Å². The van der Waals surface area contributed by atoms with Gasteiger partial charge in [-0.2, -0.15) is 0 Å². The van der Waals surface area contributed by atoms with E-state index in [0.29, 0.717) is 12.1 Å². The average molecular weight is 244 g/mol. The van der Waals surface area contributed by atoms with Crippen molar-refractivity contribution in [2.24, 2.45) is 0 Å². The second-order valence-corrected chi connectivity index (χ2v) is 4.45. The first-order valence-corrected chi connectivity index (χ1v) is 5.60. The Balaban J connectivity index is 2.04. The van der Waals surface area contributed by atoms with Crippen molar-refractivity contribution in [2.45, 2.75) is 6.54 Å². The van der Waals surface area contributed by atoms with Crippen molar-refractivity contribution in [1.82, 2.24) is 9.80 Å². The Bertz CT molecular complexity index is 378. The molecule has 0 bridgehead atoms. The van der Waals surface area contributed by atoms with Crippen molar-refractivity contribution < 1.29 is 13.2 Å². The molecule has 0 amide bonds. The van der Waals surface area contributed by atoms with E-state index in [1.54, 1.807) is 0 Å². The Morgan fingerprint density at radius 3 is 2.06 bits per heavy atom. The van der Waals surface area contributed by atoms with Crippen LogP contribution in [-0.2, 0) is 6.54 Å². The maximum atomic E-state index is 13.0. The molecule has 0 atom stereocenters. The molecule has 1 aromatic rings. The molecular formula is C12H15F3N2. The fourth-order valence-corrected chi connectivity index (χ4v) is 1.96. The lowest BCUT2D eigenvalue weighted by Crippen LogP contribution is -2.43. The summed E-state index contributed by atoms with van der Waals surface area (Å²) in [5, 5.41) is 0. The average Bonchev–Trinajstić information content (AvgIpc) is 2.29. The molecule has 1 aliphatic heterocycles. The molecule has 1 aromatic carbocycles. The zero-order chi connectivity index (χ0) is 12.4. The number of likely N-dealkylation sites (N-methyl/N-ethyl adjacent to an activating group) is 1. The van der Waals surface area contributed by atoms with Crippen molar-refractivity contribution in [3.8, 4) is 0 Å². The molecular weight excluding hydrogens is 229 g/mol. The zero-order valence-corrected chi connectivity index (χ0v) is 9.72. The minimum absolute atomic E-state index is 0.460. The minimum atomic E-state index is -1.40. The molecule has 2 rings (SSSR count). The van der Waals surface area contributed by atoms with E-state index in [-0.39, 0.29) is 0 Å². The van der Waals surface area contributed by atoms with E-state index in [1.165, 1.54) is 0 Å². The summed E-state index contributed by atoms with van der Waals surface area (Å²) in [7, 11) is 2.04. The van der Waals surface area contributed by atoms with Gasteiger partial charge in [-0.25, -0.2) is 13.2 Å². The SMILES string of the molecule is CN1CCN(Cc2cc(F)c(F)c(F)c2)CC1. The number of piperazine rings is 1. The Morgan fingerprint density at radius 1 is 1.00 bits per heavy atom. The first kappa shape index (κ1) is 12.4. The van der Waals surface area contributed by atoms with Gasteiger partial charge in [0.1, 0.15) is 0 Å². The monoisotopic (exact) mass is 244 g/mol. The Morgan fingerprint density at radius 2 is 1.53 bits per heavy atom. The van der Waals surface area contributed by atoms with Crippen LogP contribution in [-0.4, -0.2) is 43.0 Å². The molecule has 0 aliphatic carbocycles. The molecule has 1 saturated heterocycles. The van der Waals surface area contributed by atoms with Gasteiger partial charge in [0.2, 0.25) is 0 Å². The van der Waals surface area contributed by atoms with E-state index in [9.17, 15) is 13.2 Å². The van der Waals surface area contributed by atoms with Gasteiger partial charge < -0.3 is 4.90 Å². The van der Waals surface area contributed by atoms with Crippen molar-refractivity contribution in [1.29, 1.82) is 0 Å². The molecule has 0 unspecified atom stereocenters. The largest absolute Gasteiger partial charge is 0.304 e. The normalized spacial score (nSPS) is 18.6. The highest BCUT2D eigenvalue weighted by atomic mass is 19.2. The molecule has 17 heavy (non-hydrogen) atoms. The van der Waals surface area contributed by atoms with Gasteiger partial charge in [0.05, 0.1) is 0 Å². The van der Waals surface area contributed by atoms with Crippen molar-refractivity contribution in [2.75, 3.05) is 33.2 Å². The summed E-state index contributed by atoms with van der Waals surface area (Å²) in [5.74, 6) is -3.63. The van der Waals surface area contributed by atoms with E-state index in [0.717, 1.165) is 38.3 Å². The molecule has 1 heterocycles. The minimum Gasteiger partial charge on any atom is -0.304 e. The molecule has 5 heteroatoms. The van der Waals surface area contributed by atoms with Crippen LogP contribution in [0, 0.1) is 17.5 Å². The lowest BCUT2D eigenvalue weighted by atomic mass is 10.2.